The van der Waals surface area contributed by atoms with Crippen LogP contribution in [0.1, 0.15) is 61.7 Å². The summed E-state index contributed by atoms with van der Waals surface area (Å²) in [4.78, 5) is 62.7. The maximum Gasteiger partial charge on any atom is 0.399 e. The summed E-state index contributed by atoms with van der Waals surface area (Å²) in [5.74, 6) is -0.396. The monoisotopic (exact) mass is 626 g/mol. The van der Waals surface area contributed by atoms with Gasteiger partial charge in [0.05, 0.1) is 4.88 Å². The van der Waals surface area contributed by atoms with Crippen molar-refractivity contribution < 1.29 is 37.5 Å². The molecular weight excluding hydrogens is 589 g/mol. The Kier molecular flexibility index (Phi) is 8.30. The first-order valence-electron chi connectivity index (χ1n) is 14.2. The van der Waals surface area contributed by atoms with E-state index in [-0.39, 0.29) is 28.1 Å². The van der Waals surface area contributed by atoms with Crippen LogP contribution in [0.4, 0.5) is 8.78 Å². The van der Waals surface area contributed by atoms with Crippen molar-refractivity contribution in [2.24, 2.45) is 11.3 Å². The molecule has 1 unspecified atom stereocenters. The summed E-state index contributed by atoms with van der Waals surface area (Å²) in [6.45, 7) is 8.14. The molecular formula is C28H37F2N4O6PS. The third kappa shape index (κ3) is 5.86. The molecule has 4 heterocycles. The van der Waals surface area contributed by atoms with Gasteiger partial charge in [-0.15, -0.1) is 11.3 Å². The molecule has 1 aromatic heterocycles. The lowest BCUT2D eigenvalue weighted by Gasteiger charge is -2.39. The normalized spacial score (nSPS) is 24.1. The van der Waals surface area contributed by atoms with Crippen LogP contribution in [0.2, 0.25) is 0 Å². The van der Waals surface area contributed by atoms with E-state index in [0.717, 1.165) is 42.9 Å². The minimum atomic E-state index is -5.75. The third-order valence-corrected chi connectivity index (χ3v) is 10.8. The van der Waals surface area contributed by atoms with Crippen LogP contribution in [-0.2, 0) is 19.8 Å². The van der Waals surface area contributed by atoms with E-state index in [9.17, 15) is 27.7 Å². The maximum atomic E-state index is 14.2. The SMILES string of the molecule is CC(C)(C)C(NC(=O)c1cc2cc(C(F)(F)P(=O)(O)O)ccc2s1)C(=O)N1CCC[C@H]1C(=O)N1CC[C@H]2CCN[C@H]2C1. The number of amides is 3. The number of halogens is 2. The summed E-state index contributed by atoms with van der Waals surface area (Å²) in [5, 5.41) is 6.52. The van der Waals surface area contributed by atoms with Crippen molar-refractivity contribution in [3.8, 4) is 0 Å². The highest BCUT2D eigenvalue weighted by Crippen LogP contribution is 2.59. The molecule has 0 saturated carbocycles. The molecule has 3 amide bonds. The number of carbonyl (C=O) groups excluding carboxylic acids is 3. The van der Waals surface area contributed by atoms with E-state index in [2.05, 4.69) is 10.6 Å². The number of hydrogen-bond acceptors (Lipinski definition) is 6. The number of benzene rings is 1. The van der Waals surface area contributed by atoms with Gasteiger partial charge in [-0.1, -0.05) is 26.8 Å². The summed E-state index contributed by atoms with van der Waals surface area (Å²) >= 11 is 1.02. The van der Waals surface area contributed by atoms with Gasteiger partial charge in [0.2, 0.25) is 11.8 Å². The molecule has 10 nitrogen and oxygen atoms in total. The second kappa shape index (κ2) is 11.2. The second-order valence-electron chi connectivity index (χ2n) is 12.6. The predicted molar refractivity (Wildman–Crippen MR) is 154 cm³/mol. The predicted octanol–water partition coefficient (Wildman–Crippen LogP) is 3.47. The van der Waals surface area contributed by atoms with Crippen molar-refractivity contribution in [1.82, 2.24) is 20.4 Å². The van der Waals surface area contributed by atoms with Crippen molar-refractivity contribution in [3.63, 3.8) is 0 Å². The van der Waals surface area contributed by atoms with E-state index >= 15 is 0 Å². The van der Waals surface area contributed by atoms with Gasteiger partial charge in [-0.25, -0.2) is 0 Å². The smallest absolute Gasteiger partial charge is 0.339 e. The quantitative estimate of drug-likeness (QED) is 0.360. The average molecular weight is 627 g/mol. The van der Waals surface area contributed by atoms with Crippen LogP contribution in [-0.4, -0.2) is 81.6 Å². The van der Waals surface area contributed by atoms with Crippen LogP contribution in [0.3, 0.4) is 0 Å². The highest BCUT2D eigenvalue weighted by molar-refractivity contribution is 7.52. The molecule has 0 aliphatic carbocycles. The molecule has 5 rings (SSSR count). The van der Waals surface area contributed by atoms with Crippen LogP contribution in [0.5, 0.6) is 0 Å². The van der Waals surface area contributed by atoms with Gasteiger partial charge in [-0.3, -0.25) is 18.9 Å². The van der Waals surface area contributed by atoms with Gasteiger partial charge in [-0.2, -0.15) is 8.78 Å². The van der Waals surface area contributed by atoms with Crippen LogP contribution in [0.25, 0.3) is 10.1 Å². The van der Waals surface area contributed by atoms with E-state index in [1.165, 1.54) is 12.1 Å². The Morgan fingerprint density at radius 1 is 1.12 bits per heavy atom. The number of likely N-dealkylation sites (tertiary alicyclic amines) is 2. The van der Waals surface area contributed by atoms with Gasteiger partial charge < -0.3 is 30.2 Å². The number of hydrogen-bond donors (Lipinski definition) is 4. The standard InChI is InChI=1S/C28H37F2N4O6PS/c1-27(2,3)23(26(37)34-11-4-5-20(34)25(36)33-12-9-16-8-10-31-19(16)15-33)32-24(35)22-14-17-13-18(6-7-21(17)42-22)28(29,30)41(38,39)40/h6-7,13-14,16,19-20,23,31H,4-5,8-12,15H2,1-3H3,(H,32,35)(H2,38,39,40)/t16-,19+,20+,23?/m1/s1. The van der Waals surface area contributed by atoms with E-state index < -0.39 is 42.2 Å². The number of carbonyl (C=O) groups is 3. The lowest BCUT2D eigenvalue weighted by atomic mass is 9.85. The molecule has 42 heavy (non-hydrogen) atoms. The molecule has 1 aromatic carbocycles. The molecule has 0 radical (unpaired) electrons. The topological polar surface area (TPSA) is 139 Å². The molecule has 3 aliphatic heterocycles. The molecule has 230 valence electrons. The highest BCUT2D eigenvalue weighted by Gasteiger charge is 2.50. The lowest BCUT2D eigenvalue weighted by Crippen LogP contribution is -2.59. The molecule has 3 fully saturated rings. The fourth-order valence-corrected chi connectivity index (χ4v) is 7.68. The molecule has 14 heteroatoms. The fourth-order valence-electron chi connectivity index (χ4n) is 6.26. The van der Waals surface area contributed by atoms with Gasteiger partial charge in [0.25, 0.3) is 5.91 Å². The summed E-state index contributed by atoms with van der Waals surface area (Å²) in [5.41, 5.74) is -5.93. The van der Waals surface area contributed by atoms with Crippen LogP contribution in [0.15, 0.2) is 24.3 Å². The Hall–Kier alpha value is -2.44. The van der Waals surface area contributed by atoms with Gasteiger partial charge in [-0.05, 0) is 67.1 Å². The van der Waals surface area contributed by atoms with Gasteiger partial charge >= 0.3 is 13.3 Å². The first-order chi connectivity index (χ1) is 19.6. The zero-order valence-electron chi connectivity index (χ0n) is 23.8. The average Bonchev–Trinajstić information content (AvgIpc) is 3.67. The van der Waals surface area contributed by atoms with Crippen molar-refractivity contribution in [2.45, 2.75) is 70.2 Å². The minimum Gasteiger partial charge on any atom is -0.339 e. The zero-order valence-corrected chi connectivity index (χ0v) is 25.5. The Balaban J connectivity index is 1.33. The molecule has 0 spiro atoms. The number of fused-ring (bicyclic) bond motifs is 2. The summed E-state index contributed by atoms with van der Waals surface area (Å²) in [6.07, 6.45) is 3.31. The van der Waals surface area contributed by atoms with Crippen molar-refractivity contribution in [2.75, 3.05) is 26.2 Å². The molecule has 2 aromatic rings. The van der Waals surface area contributed by atoms with Gasteiger partial charge in [0.1, 0.15) is 12.1 Å². The molecule has 3 saturated heterocycles. The third-order valence-electron chi connectivity index (χ3n) is 8.65. The van der Waals surface area contributed by atoms with E-state index in [4.69, 9.17) is 9.79 Å². The minimum absolute atomic E-state index is 0.0561. The Morgan fingerprint density at radius 2 is 1.86 bits per heavy atom. The molecule has 4 atom stereocenters. The van der Waals surface area contributed by atoms with E-state index in [0.29, 0.717) is 43.1 Å². The van der Waals surface area contributed by atoms with E-state index in [1.807, 2.05) is 25.7 Å². The van der Waals surface area contributed by atoms with Crippen molar-refractivity contribution in [1.29, 1.82) is 0 Å². The lowest BCUT2D eigenvalue weighted by molar-refractivity contribution is -0.147. The highest BCUT2D eigenvalue weighted by atomic mass is 32.1. The van der Waals surface area contributed by atoms with Crippen LogP contribution in [0, 0.1) is 11.3 Å². The Labute approximate surface area is 247 Å². The summed E-state index contributed by atoms with van der Waals surface area (Å²) in [7, 11) is -5.75. The molecule has 3 aliphatic rings. The number of rotatable bonds is 6. The summed E-state index contributed by atoms with van der Waals surface area (Å²) in [6, 6.07) is 3.27. The number of nitrogens with zero attached hydrogens (tertiary/aromatic N) is 2. The zero-order chi connectivity index (χ0) is 30.6. The van der Waals surface area contributed by atoms with Crippen LogP contribution >= 0.6 is 18.9 Å². The number of piperidine rings is 1. The number of alkyl halides is 2. The van der Waals surface area contributed by atoms with Crippen molar-refractivity contribution in [3.05, 3.63) is 34.7 Å². The maximum absolute atomic E-state index is 14.2. The summed E-state index contributed by atoms with van der Waals surface area (Å²) < 4.78 is 40.3. The largest absolute Gasteiger partial charge is 0.399 e. The number of nitrogens with one attached hydrogen (secondary N) is 2. The Morgan fingerprint density at radius 3 is 2.55 bits per heavy atom. The Bertz CT molecular complexity index is 1440. The van der Waals surface area contributed by atoms with Gasteiger partial charge in [0, 0.05) is 35.9 Å². The fraction of sp³-hybridized carbons (Fsp3) is 0.607. The first-order valence-corrected chi connectivity index (χ1v) is 16.6. The molecule has 0 bridgehead atoms. The van der Waals surface area contributed by atoms with Crippen LogP contribution < -0.4 is 10.6 Å². The van der Waals surface area contributed by atoms with Gasteiger partial charge in [0.15, 0.2) is 0 Å². The first kappa shape index (κ1) is 31.0. The van der Waals surface area contributed by atoms with E-state index in [1.54, 1.807) is 4.90 Å². The second-order valence-corrected chi connectivity index (χ2v) is 15.3. The number of thiophene rings is 1. The molecule has 4 N–H and O–H groups in total. The van der Waals surface area contributed by atoms with Crippen molar-refractivity contribution >= 4 is 46.7 Å².